The second-order valence-corrected chi connectivity index (χ2v) is 8.70. The Kier molecular flexibility index (Phi) is 5.91. The number of rotatable bonds is 5. The Balaban J connectivity index is 1.56. The van der Waals surface area contributed by atoms with Crippen molar-refractivity contribution in [1.82, 2.24) is 15.5 Å². The van der Waals surface area contributed by atoms with Crippen molar-refractivity contribution in [3.63, 3.8) is 0 Å². The molecule has 1 aromatic heterocycles. The normalized spacial score (nSPS) is 16.0. The highest BCUT2D eigenvalue weighted by molar-refractivity contribution is 8.00. The van der Waals surface area contributed by atoms with Crippen LogP contribution < -0.4 is 5.32 Å². The highest BCUT2D eigenvalue weighted by atomic mass is 32.2. The minimum absolute atomic E-state index is 0.0925. The molecule has 144 valence electrons. The second-order valence-electron chi connectivity index (χ2n) is 7.37. The molecule has 1 amide bonds. The number of aromatic nitrogens is 2. The number of carbonyl (C=O) groups is 1. The van der Waals surface area contributed by atoms with Gasteiger partial charge in [-0.3, -0.25) is 4.79 Å². The molecule has 0 bridgehead atoms. The van der Waals surface area contributed by atoms with Crippen LogP contribution in [0.2, 0.25) is 0 Å². The lowest BCUT2D eigenvalue weighted by Crippen LogP contribution is -2.40. The molecule has 1 aliphatic rings. The SMILES string of the molecule is C[C@@H](Sc1nnc(-c2ccccc2)c2ccccc12)C(=O)NC1CCCCC1. The first-order chi connectivity index (χ1) is 13.7. The van der Waals surface area contributed by atoms with Gasteiger partial charge in [-0.1, -0.05) is 85.6 Å². The van der Waals surface area contributed by atoms with E-state index in [2.05, 4.69) is 27.6 Å². The van der Waals surface area contributed by atoms with Gasteiger partial charge in [0.2, 0.25) is 5.91 Å². The van der Waals surface area contributed by atoms with Crippen molar-refractivity contribution >= 4 is 28.4 Å². The number of nitrogens with one attached hydrogen (secondary N) is 1. The van der Waals surface area contributed by atoms with E-state index in [-0.39, 0.29) is 11.2 Å². The van der Waals surface area contributed by atoms with Crippen LogP contribution in [-0.4, -0.2) is 27.4 Å². The zero-order valence-electron chi connectivity index (χ0n) is 16.1. The third-order valence-corrected chi connectivity index (χ3v) is 6.40. The third-order valence-electron chi connectivity index (χ3n) is 5.31. The fourth-order valence-electron chi connectivity index (χ4n) is 3.76. The van der Waals surface area contributed by atoms with E-state index in [1.165, 1.54) is 31.0 Å². The van der Waals surface area contributed by atoms with Gasteiger partial charge in [0.25, 0.3) is 0 Å². The minimum atomic E-state index is -0.206. The van der Waals surface area contributed by atoms with Crippen molar-refractivity contribution in [1.29, 1.82) is 0 Å². The Hall–Kier alpha value is -2.40. The van der Waals surface area contributed by atoms with Gasteiger partial charge >= 0.3 is 0 Å². The Morgan fingerprint density at radius 2 is 1.64 bits per heavy atom. The largest absolute Gasteiger partial charge is 0.352 e. The third kappa shape index (κ3) is 4.20. The van der Waals surface area contributed by atoms with Crippen molar-refractivity contribution in [3.05, 3.63) is 54.6 Å². The van der Waals surface area contributed by atoms with Gasteiger partial charge < -0.3 is 5.32 Å². The molecule has 0 saturated heterocycles. The van der Waals surface area contributed by atoms with E-state index in [0.717, 1.165) is 39.9 Å². The Morgan fingerprint density at radius 3 is 2.39 bits per heavy atom. The first-order valence-corrected chi connectivity index (χ1v) is 10.9. The van der Waals surface area contributed by atoms with Crippen LogP contribution in [0.1, 0.15) is 39.0 Å². The standard InChI is InChI=1S/C23H25N3OS/c1-16(22(27)24-18-12-6-3-7-13-18)28-23-20-15-9-8-14-19(20)21(25-26-23)17-10-4-2-5-11-17/h2,4-5,8-11,14-16,18H,3,6-7,12-13H2,1H3,(H,24,27)/t16-/m1/s1. The van der Waals surface area contributed by atoms with E-state index >= 15 is 0 Å². The number of nitrogens with zero attached hydrogens (tertiary/aromatic N) is 2. The summed E-state index contributed by atoms with van der Waals surface area (Å²) in [7, 11) is 0. The summed E-state index contributed by atoms with van der Waals surface area (Å²) in [4.78, 5) is 12.7. The van der Waals surface area contributed by atoms with Crippen LogP contribution in [0.15, 0.2) is 59.6 Å². The fraction of sp³-hybridized carbons (Fsp3) is 0.348. The summed E-state index contributed by atoms with van der Waals surface area (Å²) in [6.45, 7) is 1.95. The number of thioether (sulfide) groups is 1. The summed E-state index contributed by atoms with van der Waals surface area (Å²) in [5, 5.41) is 14.9. The lowest BCUT2D eigenvalue weighted by molar-refractivity contribution is -0.121. The molecule has 2 aromatic carbocycles. The zero-order chi connectivity index (χ0) is 19.3. The molecule has 1 heterocycles. The van der Waals surface area contributed by atoms with E-state index in [1.807, 2.05) is 49.4 Å². The molecule has 0 radical (unpaired) electrons. The van der Waals surface area contributed by atoms with Gasteiger partial charge in [-0.05, 0) is 19.8 Å². The van der Waals surface area contributed by atoms with Gasteiger partial charge in [0.05, 0.1) is 5.25 Å². The van der Waals surface area contributed by atoms with E-state index in [4.69, 9.17) is 0 Å². The summed E-state index contributed by atoms with van der Waals surface area (Å²) >= 11 is 1.49. The number of hydrogen-bond donors (Lipinski definition) is 1. The highest BCUT2D eigenvalue weighted by Crippen LogP contribution is 2.33. The zero-order valence-corrected chi connectivity index (χ0v) is 16.9. The van der Waals surface area contributed by atoms with Crippen molar-refractivity contribution in [2.24, 2.45) is 0 Å². The number of fused-ring (bicyclic) bond motifs is 1. The quantitative estimate of drug-likeness (QED) is 0.605. The number of amides is 1. The highest BCUT2D eigenvalue weighted by Gasteiger charge is 2.22. The van der Waals surface area contributed by atoms with E-state index in [1.54, 1.807) is 0 Å². The summed E-state index contributed by atoms with van der Waals surface area (Å²) in [6.07, 6.45) is 5.90. The molecule has 1 aliphatic carbocycles. The summed E-state index contributed by atoms with van der Waals surface area (Å²) in [5.41, 5.74) is 1.92. The fourth-order valence-corrected chi connectivity index (χ4v) is 4.66. The van der Waals surface area contributed by atoms with Gasteiger partial charge in [-0.15, -0.1) is 10.2 Å². The molecular weight excluding hydrogens is 366 g/mol. The van der Waals surface area contributed by atoms with Gasteiger partial charge in [0.15, 0.2) is 0 Å². The number of carbonyl (C=O) groups excluding carboxylic acids is 1. The molecule has 1 fully saturated rings. The number of hydrogen-bond acceptors (Lipinski definition) is 4. The maximum Gasteiger partial charge on any atom is 0.233 e. The Labute approximate surface area is 170 Å². The molecule has 5 heteroatoms. The van der Waals surface area contributed by atoms with Gasteiger partial charge in [-0.25, -0.2) is 0 Å². The molecular formula is C23H25N3OS. The first-order valence-electron chi connectivity index (χ1n) is 10.0. The molecule has 0 spiro atoms. The maximum atomic E-state index is 12.7. The van der Waals surface area contributed by atoms with E-state index < -0.39 is 0 Å². The lowest BCUT2D eigenvalue weighted by Gasteiger charge is -2.24. The van der Waals surface area contributed by atoms with Crippen molar-refractivity contribution in [3.8, 4) is 11.3 Å². The predicted molar refractivity (Wildman–Crippen MR) is 115 cm³/mol. The van der Waals surface area contributed by atoms with Crippen molar-refractivity contribution < 1.29 is 4.79 Å². The maximum absolute atomic E-state index is 12.7. The van der Waals surface area contributed by atoms with E-state index in [0.29, 0.717) is 6.04 Å². The second kappa shape index (κ2) is 8.74. The van der Waals surface area contributed by atoms with Crippen LogP contribution in [0.4, 0.5) is 0 Å². The van der Waals surface area contributed by atoms with Crippen LogP contribution in [0.5, 0.6) is 0 Å². The van der Waals surface area contributed by atoms with Crippen molar-refractivity contribution in [2.45, 2.75) is 55.3 Å². The van der Waals surface area contributed by atoms with Crippen molar-refractivity contribution in [2.75, 3.05) is 0 Å². The van der Waals surface area contributed by atoms with Gasteiger partial charge in [-0.2, -0.15) is 0 Å². The number of benzene rings is 2. The predicted octanol–water partition coefficient (Wildman–Crippen LogP) is 5.23. The average molecular weight is 392 g/mol. The van der Waals surface area contributed by atoms with Crippen LogP contribution in [0.25, 0.3) is 22.0 Å². The minimum Gasteiger partial charge on any atom is -0.352 e. The smallest absolute Gasteiger partial charge is 0.233 e. The molecule has 1 N–H and O–H groups in total. The molecule has 4 nitrogen and oxygen atoms in total. The average Bonchev–Trinajstić information content (AvgIpc) is 2.75. The van der Waals surface area contributed by atoms with E-state index in [9.17, 15) is 4.79 Å². The monoisotopic (exact) mass is 391 g/mol. The van der Waals surface area contributed by atoms with Crippen LogP contribution in [-0.2, 0) is 4.79 Å². The van der Waals surface area contributed by atoms with Gasteiger partial charge in [0.1, 0.15) is 10.7 Å². The van der Waals surface area contributed by atoms with Crippen LogP contribution in [0.3, 0.4) is 0 Å². The molecule has 1 saturated carbocycles. The Morgan fingerprint density at radius 1 is 0.964 bits per heavy atom. The van der Waals surface area contributed by atoms with Crippen LogP contribution in [0, 0.1) is 0 Å². The molecule has 4 rings (SSSR count). The molecule has 28 heavy (non-hydrogen) atoms. The Bertz CT molecular complexity index is 954. The summed E-state index contributed by atoms with van der Waals surface area (Å²) in [6, 6.07) is 18.6. The summed E-state index contributed by atoms with van der Waals surface area (Å²) < 4.78 is 0. The molecule has 0 aliphatic heterocycles. The molecule has 0 unspecified atom stereocenters. The first kappa shape index (κ1) is 18.9. The molecule has 3 aromatic rings. The van der Waals surface area contributed by atoms with Gasteiger partial charge in [0, 0.05) is 22.4 Å². The lowest BCUT2D eigenvalue weighted by atomic mass is 9.95. The molecule has 1 atom stereocenters. The topological polar surface area (TPSA) is 54.9 Å². The van der Waals surface area contributed by atoms with Crippen LogP contribution >= 0.6 is 11.8 Å². The summed E-state index contributed by atoms with van der Waals surface area (Å²) in [5.74, 6) is 0.0925.